The minimum Gasteiger partial charge on any atom is -0.481 e. The predicted octanol–water partition coefficient (Wildman–Crippen LogP) is 4.42. The summed E-state index contributed by atoms with van der Waals surface area (Å²) in [5.74, 6) is -0.209. The fourth-order valence-electron chi connectivity index (χ4n) is 5.80. The van der Waals surface area contributed by atoms with Crippen LogP contribution in [0.25, 0.3) is 0 Å². The third kappa shape index (κ3) is 3.99. The van der Waals surface area contributed by atoms with Gasteiger partial charge < -0.3 is 10.0 Å². The van der Waals surface area contributed by atoms with Gasteiger partial charge in [-0.05, 0) is 48.8 Å². The number of hydrogen-bond acceptors (Lipinski definition) is 3. The third-order valence-corrected chi connectivity index (χ3v) is 7.21. The lowest BCUT2D eigenvalue weighted by atomic mass is 9.81. The summed E-state index contributed by atoms with van der Waals surface area (Å²) in [5.41, 5.74) is 3.27. The highest BCUT2D eigenvalue weighted by atomic mass is 16.4. The van der Waals surface area contributed by atoms with Crippen LogP contribution in [0.5, 0.6) is 0 Å². The molecular weight excluding hydrogens is 388 g/mol. The second-order valence-corrected chi connectivity index (χ2v) is 9.20. The molecule has 3 atom stereocenters. The number of para-hydroxylation sites is 1. The standard InChI is InChI=1S/C26H30N2O3/c29-24(17-18-7-2-1-3-8-18)28-22-11-5-4-9-20(22)26(21-10-6-12-23(21)28)27(19-13-14-19)16-15-25(30)31/h1-5,7-9,11,19,21,23,26H,6,10,12-17H2,(H,30,31)/t21-,23+,26+/m1/s1. The molecule has 1 aliphatic heterocycles. The molecule has 2 saturated carbocycles. The molecule has 31 heavy (non-hydrogen) atoms. The molecule has 5 heteroatoms. The quantitative estimate of drug-likeness (QED) is 0.723. The summed E-state index contributed by atoms with van der Waals surface area (Å²) in [6, 6.07) is 19.2. The van der Waals surface area contributed by atoms with E-state index in [9.17, 15) is 14.7 Å². The maximum Gasteiger partial charge on any atom is 0.304 e. The molecule has 0 unspecified atom stereocenters. The predicted molar refractivity (Wildman–Crippen MR) is 120 cm³/mol. The summed E-state index contributed by atoms with van der Waals surface area (Å²) in [6.07, 6.45) is 6.10. The van der Waals surface area contributed by atoms with Gasteiger partial charge in [-0.25, -0.2) is 0 Å². The first-order chi connectivity index (χ1) is 15.1. The molecular formula is C26H30N2O3. The smallest absolute Gasteiger partial charge is 0.304 e. The van der Waals surface area contributed by atoms with Crippen molar-refractivity contribution in [2.24, 2.45) is 5.92 Å². The summed E-state index contributed by atoms with van der Waals surface area (Å²) >= 11 is 0. The van der Waals surface area contributed by atoms with E-state index in [1.165, 1.54) is 5.56 Å². The highest BCUT2D eigenvalue weighted by molar-refractivity contribution is 5.97. The van der Waals surface area contributed by atoms with Gasteiger partial charge >= 0.3 is 5.97 Å². The van der Waals surface area contributed by atoms with Crippen LogP contribution in [0.1, 0.15) is 55.7 Å². The van der Waals surface area contributed by atoms with E-state index >= 15 is 0 Å². The largest absolute Gasteiger partial charge is 0.481 e. The Hall–Kier alpha value is -2.66. The van der Waals surface area contributed by atoms with Crippen LogP contribution in [0.2, 0.25) is 0 Å². The maximum atomic E-state index is 13.5. The minimum atomic E-state index is -0.739. The van der Waals surface area contributed by atoms with Crippen LogP contribution in [0.15, 0.2) is 54.6 Å². The zero-order valence-electron chi connectivity index (χ0n) is 17.8. The number of anilines is 1. The highest BCUT2D eigenvalue weighted by Gasteiger charge is 2.49. The van der Waals surface area contributed by atoms with Crippen molar-refractivity contribution in [2.45, 2.75) is 63.1 Å². The second-order valence-electron chi connectivity index (χ2n) is 9.20. The Balaban J connectivity index is 1.51. The number of fused-ring (bicyclic) bond motifs is 2. The van der Waals surface area contributed by atoms with Gasteiger partial charge in [0, 0.05) is 30.4 Å². The molecule has 2 aromatic rings. The summed E-state index contributed by atoms with van der Waals surface area (Å²) < 4.78 is 0. The molecule has 3 aliphatic rings. The van der Waals surface area contributed by atoms with Crippen molar-refractivity contribution < 1.29 is 14.7 Å². The molecule has 1 heterocycles. The van der Waals surface area contributed by atoms with Crippen molar-refractivity contribution in [3.05, 3.63) is 65.7 Å². The Labute approximate surface area is 183 Å². The second kappa shape index (κ2) is 8.46. The number of nitrogens with zero attached hydrogens (tertiary/aromatic N) is 2. The highest BCUT2D eigenvalue weighted by Crippen LogP contribution is 2.52. The number of carboxylic acids is 1. The molecule has 1 N–H and O–H groups in total. The number of benzene rings is 2. The van der Waals surface area contributed by atoms with Gasteiger partial charge in [-0.15, -0.1) is 0 Å². The van der Waals surface area contributed by atoms with E-state index in [4.69, 9.17) is 0 Å². The van der Waals surface area contributed by atoms with E-state index in [2.05, 4.69) is 28.0 Å². The molecule has 0 spiro atoms. The first-order valence-corrected chi connectivity index (χ1v) is 11.6. The Morgan fingerprint density at radius 2 is 1.71 bits per heavy atom. The van der Waals surface area contributed by atoms with Crippen LogP contribution in [0.4, 0.5) is 5.69 Å². The van der Waals surface area contributed by atoms with Gasteiger partial charge in [-0.2, -0.15) is 0 Å². The molecule has 2 fully saturated rings. The van der Waals surface area contributed by atoms with Crippen molar-refractivity contribution in [3.8, 4) is 0 Å². The first-order valence-electron chi connectivity index (χ1n) is 11.6. The number of carbonyl (C=O) groups excluding carboxylic acids is 1. The average molecular weight is 419 g/mol. The number of carboxylic acid groups (broad SMARTS) is 1. The average Bonchev–Trinajstić information content (AvgIpc) is 3.50. The van der Waals surface area contributed by atoms with Gasteiger partial charge in [0.1, 0.15) is 0 Å². The lowest BCUT2D eigenvalue weighted by Crippen LogP contribution is -2.52. The maximum absolute atomic E-state index is 13.5. The van der Waals surface area contributed by atoms with Gasteiger partial charge in [-0.3, -0.25) is 14.5 Å². The zero-order chi connectivity index (χ0) is 21.4. The molecule has 1 amide bonds. The molecule has 0 radical (unpaired) electrons. The van der Waals surface area contributed by atoms with Gasteiger partial charge in [0.05, 0.1) is 12.8 Å². The normalized spacial score (nSPS) is 24.7. The fraction of sp³-hybridized carbons (Fsp3) is 0.462. The monoisotopic (exact) mass is 418 g/mol. The lowest BCUT2D eigenvalue weighted by molar-refractivity contribution is -0.137. The summed E-state index contributed by atoms with van der Waals surface area (Å²) in [5, 5.41) is 9.32. The number of carbonyl (C=O) groups is 2. The van der Waals surface area contributed by atoms with E-state index in [0.29, 0.717) is 24.9 Å². The van der Waals surface area contributed by atoms with E-state index in [-0.39, 0.29) is 24.4 Å². The molecule has 2 aromatic carbocycles. The summed E-state index contributed by atoms with van der Waals surface area (Å²) in [7, 11) is 0. The summed E-state index contributed by atoms with van der Waals surface area (Å²) in [4.78, 5) is 29.4. The van der Waals surface area contributed by atoms with Crippen LogP contribution in [-0.4, -0.2) is 40.5 Å². The Bertz CT molecular complexity index is 956. The molecule has 0 aromatic heterocycles. The molecule has 0 saturated heterocycles. The van der Waals surface area contributed by atoms with Crippen LogP contribution >= 0.6 is 0 Å². The number of rotatable bonds is 7. The first kappa shape index (κ1) is 20.3. The van der Waals surface area contributed by atoms with Gasteiger partial charge in [-0.1, -0.05) is 55.0 Å². The number of aliphatic carboxylic acids is 1. The fourth-order valence-corrected chi connectivity index (χ4v) is 5.80. The Morgan fingerprint density at radius 3 is 2.45 bits per heavy atom. The molecule has 0 bridgehead atoms. The van der Waals surface area contributed by atoms with Crippen molar-refractivity contribution >= 4 is 17.6 Å². The van der Waals surface area contributed by atoms with E-state index < -0.39 is 5.97 Å². The summed E-state index contributed by atoms with van der Waals surface area (Å²) in [6.45, 7) is 0.584. The Morgan fingerprint density at radius 1 is 0.968 bits per heavy atom. The van der Waals surface area contributed by atoms with Crippen LogP contribution in [0.3, 0.4) is 0 Å². The van der Waals surface area contributed by atoms with Crippen molar-refractivity contribution in [2.75, 3.05) is 11.4 Å². The van der Waals surface area contributed by atoms with Crippen LogP contribution in [-0.2, 0) is 16.0 Å². The van der Waals surface area contributed by atoms with Crippen molar-refractivity contribution in [3.63, 3.8) is 0 Å². The number of hydrogen-bond donors (Lipinski definition) is 1. The molecule has 5 rings (SSSR count). The molecule has 5 nitrogen and oxygen atoms in total. The van der Waals surface area contributed by atoms with E-state index in [0.717, 1.165) is 43.4 Å². The van der Waals surface area contributed by atoms with Gasteiger partial charge in [0.15, 0.2) is 0 Å². The molecule has 2 aliphatic carbocycles. The van der Waals surface area contributed by atoms with Crippen LogP contribution in [0, 0.1) is 5.92 Å². The Kier molecular flexibility index (Phi) is 5.53. The van der Waals surface area contributed by atoms with Crippen molar-refractivity contribution in [1.29, 1.82) is 0 Å². The topological polar surface area (TPSA) is 60.9 Å². The number of amides is 1. The van der Waals surface area contributed by atoms with Crippen molar-refractivity contribution in [1.82, 2.24) is 4.90 Å². The SMILES string of the molecule is O=C(O)CCN(C1CC1)[C@H]1c2ccccc2N(C(=O)Cc2ccccc2)[C@H]2CCC[C@H]21. The third-order valence-electron chi connectivity index (χ3n) is 7.21. The van der Waals surface area contributed by atoms with Gasteiger partial charge in [0.2, 0.25) is 5.91 Å². The van der Waals surface area contributed by atoms with E-state index in [1.54, 1.807) is 0 Å². The molecule has 162 valence electrons. The minimum absolute atomic E-state index is 0.164. The van der Waals surface area contributed by atoms with E-state index in [1.807, 2.05) is 36.4 Å². The van der Waals surface area contributed by atoms with Crippen LogP contribution < -0.4 is 4.90 Å². The zero-order valence-corrected chi connectivity index (χ0v) is 17.8. The lowest BCUT2D eigenvalue weighted by Gasteiger charge is -2.48. The van der Waals surface area contributed by atoms with Gasteiger partial charge in [0.25, 0.3) is 0 Å².